The van der Waals surface area contributed by atoms with Crippen LogP contribution in [0.25, 0.3) is 0 Å². The molecule has 4 heteroatoms. The maximum atomic E-state index is 13.4. The Labute approximate surface area is 110 Å². The fraction of sp³-hybridized carbons (Fsp3) is 0.200. The van der Waals surface area contributed by atoms with Crippen LogP contribution in [0.2, 0.25) is 0 Å². The van der Waals surface area contributed by atoms with Crippen molar-refractivity contribution in [3.05, 3.63) is 59.7 Å². The van der Waals surface area contributed by atoms with E-state index in [0.29, 0.717) is 5.75 Å². The first-order chi connectivity index (χ1) is 9.10. The molecule has 0 spiro atoms. The van der Waals surface area contributed by atoms with Gasteiger partial charge in [0.15, 0.2) is 11.6 Å². The molecule has 0 fully saturated rings. The molecule has 19 heavy (non-hydrogen) atoms. The number of nitrogens with two attached hydrogens (primary N) is 1. The van der Waals surface area contributed by atoms with Crippen molar-refractivity contribution in [1.82, 2.24) is 0 Å². The van der Waals surface area contributed by atoms with E-state index in [9.17, 15) is 8.78 Å². The second-order valence-electron chi connectivity index (χ2n) is 4.26. The van der Waals surface area contributed by atoms with Crippen molar-refractivity contribution >= 4 is 0 Å². The predicted octanol–water partition coefficient (Wildman–Crippen LogP) is 4.17. The van der Waals surface area contributed by atoms with Crippen LogP contribution in [0.3, 0.4) is 0 Å². The first-order valence-electron chi connectivity index (χ1n) is 6.08. The number of benzene rings is 2. The summed E-state index contributed by atoms with van der Waals surface area (Å²) in [5.74, 6) is -0.833. The van der Waals surface area contributed by atoms with Gasteiger partial charge in [-0.3, -0.25) is 0 Å². The highest BCUT2D eigenvalue weighted by Crippen LogP contribution is 2.26. The molecule has 2 N–H and O–H groups in total. The second-order valence-corrected chi connectivity index (χ2v) is 4.26. The van der Waals surface area contributed by atoms with Crippen molar-refractivity contribution in [1.29, 1.82) is 0 Å². The molecule has 2 aromatic carbocycles. The van der Waals surface area contributed by atoms with Crippen molar-refractivity contribution in [3.63, 3.8) is 0 Å². The summed E-state index contributed by atoms with van der Waals surface area (Å²) in [6.07, 6.45) is 0.832. The molecule has 2 rings (SSSR count). The summed E-state index contributed by atoms with van der Waals surface area (Å²) in [4.78, 5) is 0. The molecule has 0 heterocycles. The van der Waals surface area contributed by atoms with Gasteiger partial charge in [-0.05, 0) is 36.2 Å². The van der Waals surface area contributed by atoms with Gasteiger partial charge >= 0.3 is 0 Å². The third-order valence-corrected chi connectivity index (χ3v) is 2.87. The smallest absolute Gasteiger partial charge is 0.165 e. The average molecular weight is 263 g/mol. The summed E-state index contributed by atoms with van der Waals surface area (Å²) in [6.45, 7) is 2.00. The van der Waals surface area contributed by atoms with E-state index in [1.807, 2.05) is 19.1 Å². The quantitative estimate of drug-likeness (QED) is 0.898. The van der Waals surface area contributed by atoms with Gasteiger partial charge in [-0.25, -0.2) is 8.78 Å². The van der Waals surface area contributed by atoms with Gasteiger partial charge in [-0.15, -0.1) is 0 Å². The third kappa shape index (κ3) is 3.29. The Morgan fingerprint density at radius 3 is 2.42 bits per heavy atom. The highest BCUT2D eigenvalue weighted by molar-refractivity contribution is 5.34. The maximum absolute atomic E-state index is 13.4. The Balaban J connectivity index is 2.17. The van der Waals surface area contributed by atoms with Crippen molar-refractivity contribution in [3.8, 4) is 11.5 Å². The molecule has 0 bridgehead atoms. The Kier molecular flexibility index (Phi) is 4.12. The summed E-state index contributed by atoms with van der Waals surface area (Å²) in [5.41, 5.74) is 6.87. The van der Waals surface area contributed by atoms with Gasteiger partial charge in [0.1, 0.15) is 11.6 Å². The van der Waals surface area contributed by atoms with E-state index in [-0.39, 0.29) is 11.8 Å². The third-order valence-electron chi connectivity index (χ3n) is 2.87. The minimum Gasteiger partial charge on any atom is -0.454 e. The zero-order valence-corrected chi connectivity index (χ0v) is 10.6. The fourth-order valence-electron chi connectivity index (χ4n) is 1.70. The number of hydrogen-bond acceptors (Lipinski definition) is 2. The molecule has 0 amide bonds. The molecular formula is C15H15F2NO. The van der Waals surface area contributed by atoms with E-state index in [2.05, 4.69) is 0 Å². The number of rotatable bonds is 4. The first-order valence-corrected chi connectivity index (χ1v) is 6.08. The molecule has 0 radical (unpaired) electrons. The standard InChI is InChI=1S/C15H15F2NO/c1-2-14(18)10-3-6-12(7-4-10)19-15-9-11(16)5-8-13(15)17/h3-9,14H,2,18H2,1H3/t14-/m0/s1. The summed E-state index contributed by atoms with van der Waals surface area (Å²) < 4.78 is 31.7. The van der Waals surface area contributed by atoms with Crippen LogP contribution in [0.5, 0.6) is 11.5 Å². The van der Waals surface area contributed by atoms with E-state index >= 15 is 0 Å². The first kappa shape index (κ1) is 13.5. The van der Waals surface area contributed by atoms with E-state index < -0.39 is 11.6 Å². The van der Waals surface area contributed by atoms with Crippen LogP contribution in [0, 0.1) is 11.6 Å². The van der Waals surface area contributed by atoms with Crippen LogP contribution in [0.1, 0.15) is 24.9 Å². The summed E-state index contributed by atoms with van der Waals surface area (Å²) in [5, 5.41) is 0. The molecule has 0 aliphatic heterocycles. The molecule has 2 aromatic rings. The van der Waals surface area contributed by atoms with Crippen molar-refractivity contribution in [2.45, 2.75) is 19.4 Å². The molecule has 0 aliphatic carbocycles. The topological polar surface area (TPSA) is 35.2 Å². The average Bonchev–Trinajstić information content (AvgIpc) is 2.43. The lowest BCUT2D eigenvalue weighted by Crippen LogP contribution is -2.08. The Morgan fingerprint density at radius 2 is 1.79 bits per heavy atom. The largest absolute Gasteiger partial charge is 0.454 e. The van der Waals surface area contributed by atoms with Gasteiger partial charge < -0.3 is 10.5 Å². The van der Waals surface area contributed by atoms with Crippen LogP contribution in [-0.4, -0.2) is 0 Å². The lowest BCUT2D eigenvalue weighted by molar-refractivity contribution is 0.436. The minimum absolute atomic E-state index is 0.0278. The summed E-state index contributed by atoms with van der Waals surface area (Å²) in [7, 11) is 0. The highest BCUT2D eigenvalue weighted by atomic mass is 19.1. The Morgan fingerprint density at radius 1 is 1.11 bits per heavy atom. The SMILES string of the molecule is CC[C@H](N)c1ccc(Oc2cc(F)ccc2F)cc1. The normalized spacial score (nSPS) is 12.2. The van der Waals surface area contributed by atoms with Gasteiger partial charge in [0.05, 0.1) is 0 Å². The molecule has 100 valence electrons. The zero-order valence-electron chi connectivity index (χ0n) is 10.6. The monoisotopic (exact) mass is 263 g/mol. The van der Waals surface area contributed by atoms with Crippen molar-refractivity contribution < 1.29 is 13.5 Å². The van der Waals surface area contributed by atoms with Gasteiger partial charge in [0, 0.05) is 12.1 Å². The van der Waals surface area contributed by atoms with Crippen LogP contribution < -0.4 is 10.5 Å². The molecule has 0 unspecified atom stereocenters. The molecule has 0 aromatic heterocycles. The number of hydrogen-bond donors (Lipinski definition) is 1. The van der Waals surface area contributed by atoms with Crippen molar-refractivity contribution in [2.24, 2.45) is 5.73 Å². The lowest BCUT2D eigenvalue weighted by Gasteiger charge is -2.11. The van der Waals surface area contributed by atoms with E-state index in [1.54, 1.807) is 12.1 Å². The van der Waals surface area contributed by atoms with E-state index in [4.69, 9.17) is 10.5 Å². The fourth-order valence-corrected chi connectivity index (χ4v) is 1.70. The van der Waals surface area contributed by atoms with Crippen LogP contribution in [0.4, 0.5) is 8.78 Å². The number of ether oxygens (including phenoxy) is 1. The van der Waals surface area contributed by atoms with Gasteiger partial charge in [0.25, 0.3) is 0 Å². The molecule has 0 aliphatic rings. The highest BCUT2D eigenvalue weighted by Gasteiger charge is 2.07. The Hall–Kier alpha value is -1.94. The van der Waals surface area contributed by atoms with E-state index in [1.165, 1.54) is 0 Å². The zero-order chi connectivity index (χ0) is 13.8. The van der Waals surface area contributed by atoms with Gasteiger partial charge in [0.2, 0.25) is 0 Å². The molecule has 0 saturated heterocycles. The molecule has 0 saturated carbocycles. The van der Waals surface area contributed by atoms with Gasteiger partial charge in [-0.2, -0.15) is 0 Å². The minimum atomic E-state index is -0.601. The molecular weight excluding hydrogens is 248 g/mol. The molecule has 1 atom stereocenters. The van der Waals surface area contributed by atoms with Crippen molar-refractivity contribution in [2.75, 3.05) is 0 Å². The maximum Gasteiger partial charge on any atom is 0.165 e. The van der Waals surface area contributed by atoms with Crippen LogP contribution in [0.15, 0.2) is 42.5 Å². The molecule has 2 nitrogen and oxygen atoms in total. The van der Waals surface area contributed by atoms with Gasteiger partial charge in [-0.1, -0.05) is 19.1 Å². The van der Waals surface area contributed by atoms with E-state index in [0.717, 1.165) is 30.2 Å². The van der Waals surface area contributed by atoms with Crippen LogP contribution >= 0.6 is 0 Å². The number of halogens is 2. The van der Waals surface area contributed by atoms with Crippen LogP contribution in [-0.2, 0) is 0 Å². The summed E-state index contributed by atoms with van der Waals surface area (Å²) >= 11 is 0. The Bertz CT molecular complexity index is 555. The summed E-state index contributed by atoms with van der Waals surface area (Å²) in [6, 6.07) is 10.1. The second kappa shape index (κ2) is 5.80. The lowest BCUT2D eigenvalue weighted by atomic mass is 10.1. The predicted molar refractivity (Wildman–Crippen MR) is 70.1 cm³/mol.